The lowest BCUT2D eigenvalue weighted by Crippen LogP contribution is -2.05. The molecule has 0 aromatic rings. The highest BCUT2D eigenvalue weighted by molar-refractivity contribution is 8.13. The Balaban J connectivity index is 3.61. The Morgan fingerprint density at radius 2 is 1.79 bits per heavy atom. The Morgan fingerprint density at radius 3 is 2.29 bits per heavy atom. The van der Waals surface area contributed by atoms with Gasteiger partial charge in [-0.15, -0.1) is 0 Å². The van der Waals surface area contributed by atoms with Gasteiger partial charge in [-0.05, 0) is 43.4 Å². The van der Waals surface area contributed by atoms with Gasteiger partial charge in [-0.3, -0.25) is 0 Å². The van der Waals surface area contributed by atoms with E-state index >= 15 is 0 Å². The van der Waals surface area contributed by atoms with Crippen molar-refractivity contribution in [2.45, 2.75) is 46.0 Å². The Hall–Kier alpha value is 0.700. The minimum Gasteiger partial charge on any atom is -0.302 e. The number of rotatable bonds is 8. The summed E-state index contributed by atoms with van der Waals surface area (Å²) in [4.78, 5) is 1.08. The van der Waals surface area contributed by atoms with Crippen LogP contribution >= 0.6 is 18.4 Å². The van der Waals surface area contributed by atoms with Gasteiger partial charge in [0.25, 0.3) is 0 Å². The molecular formula is C10H22NPS2. The van der Waals surface area contributed by atoms with Crippen LogP contribution in [0.3, 0.4) is 0 Å². The zero-order chi connectivity index (χ0) is 11.0. The van der Waals surface area contributed by atoms with Gasteiger partial charge in [0.2, 0.25) is 0 Å². The number of hydrogen-bond acceptors (Lipinski definition) is 2. The molecule has 2 N–H and O–H groups in total. The monoisotopic (exact) mass is 251 g/mol. The van der Waals surface area contributed by atoms with Crippen LogP contribution in [0.1, 0.15) is 46.0 Å². The van der Waals surface area contributed by atoms with Crippen LogP contribution in [0.25, 0.3) is 0 Å². The average molecular weight is 251 g/mol. The third-order valence-corrected chi connectivity index (χ3v) is 5.65. The predicted octanol–water partition coefficient (Wildman–Crippen LogP) is 3.70. The molecule has 14 heavy (non-hydrogen) atoms. The number of thiocarbonyl (C=S) groups is 1. The van der Waals surface area contributed by atoms with Crippen molar-refractivity contribution in [3.8, 4) is 0 Å². The van der Waals surface area contributed by atoms with Gasteiger partial charge in [-0.25, -0.2) is 0 Å². The predicted molar refractivity (Wildman–Crippen MR) is 75.2 cm³/mol. The Morgan fingerprint density at radius 1 is 1.21 bits per heavy atom. The lowest BCUT2D eigenvalue weighted by Gasteiger charge is -2.15. The van der Waals surface area contributed by atoms with Gasteiger partial charge in [-0.2, -0.15) is 0 Å². The summed E-state index contributed by atoms with van der Waals surface area (Å²) in [6.45, 7) is 4.20. The van der Waals surface area contributed by atoms with E-state index in [1.165, 1.54) is 19.3 Å². The van der Waals surface area contributed by atoms with Crippen LogP contribution in [-0.2, 0) is 11.8 Å². The van der Waals surface area contributed by atoms with Crippen LogP contribution in [0.15, 0.2) is 0 Å². The zero-order valence-corrected chi connectivity index (χ0v) is 11.8. The average Bonchev–Trinajstić information content (AvgIpc) is 2.03. The molecule has 84 valence electrons. The zero-order valence-electron chi connectivity index (χ0n) is 9.29. The van der Waals surface area contributed by atoms with E-state index in [0.29, 0.717) is 0 Å². The molecule has 0 rings (SSSR count). The van der Waals surface area contributed by atoms with E-state index in [9.17, 15) is 0 Å². The first kappa shape index (κ1) is 14.7. The minimum absolute atomic E-state index is 1.01. The van der Waals surface area contributed by atoms with Gasteiger partial charge in [0, 0.05) is 6.19 Å². The van der Waals surface area contributed by atoms with Gasteiger partial charge >= 0.3 is 0 Å². The highest BCUT2D eigenvalue weighted by Crippen LogP contribution is 2.38. The summed E-state index contributed by atoms with van der Waals surface area (Å²) < 4.78 is 0. The molecule has 0 aliphatic carbocycles. The first-order chi connectivity index (χ1) is 6.48. The fourth-order valence-electron chi connectivity index (χ4n) is 1.34. The Kier molecular flexibility index (Phi) is 8.32. The summed E-state index contributed by atoms with van der Waals surface area (Å²) in [5.41, 5.74) is 6.13. The van der Waals surface area contributed by atoms with Gasteiger partial charge in [0.05, 0.1) is 0 Å². The van der Waals surface area contributed by atoms with E-state index in [2.05, 4.69) is 6.92 Å². The summed E-state index contributed by atoms with van der Waals surface area (Å²) in [6.07, 6.45) is 6.42. The minimum atomic E-state index is -1.50. The summed E-state index contributed by atoms with van der Waals surface area (Å²) >= 11 is 10.5. The lowest BCUT2D eigenvalue weighted by atomic mass is 10.3. The first-order valence-corrected chi connectivity index (χ1v) is 8.99. The first-order valence-electron chi connectivity index (χ1n) is 5.34. The molecule has 0 aromatic heterocycles. The van der Waals surface area contributed by atoms with Crippen LogP contribution < -0.4 is 5.50 Å². The quantitative estimate of drug-likeness (QED) is 0.405. The smallest absolute Gasteiger partial charge is 0.00989 e. The Labute approximate surface area is 98.9 Å². The van der Waals surface area contributed by atoms with Crippen molar-refractivity contribution in [3.63, 3.8) is 0 Å². The van der Waals surface area contributed by atoms with E-state index < -0.39 is 6.19 Å². The van der Waals surface area contributed by atoms with Crippen molar-refractivity contribution in [2.75, 3.05) is 12.3 Å². The van der Waals surface area contributed by atoms with E-state index in [1.54, 1.807) is 0 Å². The third kappa shape index (κ3) is 9.26. The normalized spacial score (nSPS) is 15.1. The second kappa shape index (κ2) is 7.92. The summed E-state index contributed by atoms with van der Waals surface area (Å²) in [5, 5.41) is 0. The van der Waals surface area contributed by atoms with Gasteiger partial charge in [0.15, 0.2) is 0 Å². The molecule has 0 radical (unpaired) electrons. The van der Waals surface area contributed by atoms with E-state index in [1.807, 2.05) is 6.92 Å². The molecule has 4 heteroatoms. The molecule has 0 aliphatic rings. The molecule has 1 nitrogen and oxygen atoms in total. The van der Waals surface area contributed by atoms with E-state index in [-0.39, 0.29) is 0 Å². The highest BCUT2D eigenvalue weighted by atomic mass is 32.4. The second-order valence-corrected chi connectivity index (χ2v) is 9.59. The molecule has 0 amide bonds. The van der Waals surface area contributed by atoms with Crippen molar-refractivity contribution in [2.24, 2.45) is 5.50 Å². The molecule has 0 saturated carbocycles. The van der Waals surface area contributed by atoms with E-state index in [0.717, 1.165) is 30.0 Å². The van der Waals surface area contributed by atoms with Crippen molar-refractivity contribution >= 4 is 35.1 Å². The van der Waals surface area contributed by atoms with Crippen molar-refractivity contribution in [1.82, 2.24) is 0 Å². The van der Waals surface area contributed by atoms with Crippen LogP contribution in [0.2, 0.25) is 0 Å². The molecule has 1 unspecified atom stereocenters. The van der Waals surface area contributed by atoms with Crippen LogP contribution in [0.5, 0.6) is 0 Å². The highest BCUT2D eigenvalue weighted by Gasteiger charge is 2.09. The molecule has 0 aliphatic heterocycles. The maximum atomic E-state index is 6.13. The number of hydrogen-bond donors (Lipinski definition) is 1. The van der Waals surface area contributed by atoms with Gasteiger partial charge in [-0.1, -0.05) is 43.8 Å². The van der Waals surface area contributed by atoms with Crippen molar-refractivity contribution in [1.29, 1.82) is 0 Å². The molecule has 0 saturated heterocycles. The maximum absolute atomic E-state index is 6.13. The van der Waals surface area contributed by atoms with Crippen LogP contribution in [0, 0.1) is 0 Å². The second-order valence-electron chi connectivity index (χ2n) is 3.91. The summed E-state index contributed by atoms with van der Waals surface area (Å²) in [5.74, 6) is 0. The molecule has 0 heterocycles. The molecule has 1 atom stereocenters. The molecular weight excluding hydrogens is 229 g/mol. The largest absolute Gasteiger partial charge is 0.302 e. The molecule has 0 spiro atoms. The maximum Gasteiger partial charge on any atom is 0.00989 e. The number of nitrogens with two attached hydrogens (primary N) is 1. The Bertz CT molecular complexity index is 216. The molecule has 0 fully saturated rings. The van der Waals surface area contributed by atoms with Crippen molar-refractivity contribution < 1.29 is 0 Å². The number of unbranched alkanes of at least 4 members (excludes halogenated alkanes) is 2. The lowest BCUT2D eigenvalue weighted by molar-refractivity contribution is 0.774. The van der Waals surface area contributed by atoms with Gasteiger partial charge < -0.3 is 5.50 Å². The van der Waals surface area contributed by atoms with Crippen LogP contribution in [0.4, 0.5) is 0 Å². The summed E-state index contributed by atoms with van der Waals surface area (Å²) in [6, 6.07) is 0. The molecule has 0 aromatic carbocycles. The van der Waals surface area contributed by atoms with Crippen LogP contribution in [-0.4, -0.2) is 17.2 Å². The van der Waals surface area contributed by atoms with Crippen molar-refractivity contribution in [3.05, 3.63) is 0 Å². The SMILES string of the molecule is CCCCCP(N)(=S)CCCC(C)=S. The summed E-state index contributed by atoms with van der Waals surface area (Å²) in [7, 11) is 0. The molecule has 0 bridgehead atoms. The van der Waals surface area contributed by atoms with Gasteiger partial charge in [0.1, 0.15) is 0 Å². The van der Waals surface area contributed by atoms with E-state index in [4.69, 9.17) is 29.5 Å². The fourth-order valence-corrected chi connectivity index (χ4v) is 3.93. The third-order valence-electron chi connectivity index (χ3n) is 2.21. The fraction of sp³-hybridized carbons (Fsp3) is 0.900. The standard InChI is InChI=1S/C10H22NPS2/c1-3-4-5-8-12(11,14)9-6-7-10(2)13/h3-9H2,1-2H3,(H2,11,14). The topological polar surface area (TPSA) is 26.0 Å².